The van der Waals surface area contributed by atoms with Gasteiger partial charge in [-0.25, -0.2) is 0 Å². The molecule has 1 saturated heterocycles. The van der Waals surface area contributed by atoms with Crippen molar-refractivity contribution in [1.29, 1.82) is 0 Å². The molecule has 0 radical (unpaired) electrons. The van der Waals surface area contributed by atoms with Gasteiger partial charge in [-0.05, 0) is 24.3 Å². The lowest BCUT2D eigenvalue weighted by Crippen LogP contribution is -2.49. The molecule has 1 N–H and O–H groups in total. The lowest BCUT2D eigenvalue weighted by molar-refractivity contribution is 0.0663. The predicted octanol–water partition coefficient (Wildman–Crippen LogP) is 3.75. The van der Waals surface area contributed by atoms with Gasteiger partial charge in [0.15, 0.2) is 0 Å². The van der Waals surface area contributed by atoms with Gasteiger partial charge < -0.3 is 14.7 Å². The second-order valence-corrected chi connectivity index (χ2v) is 6.43. The smallest absolute Gasteiger partial charge is 0.138 e. The highest BCUT2D eigenvalue weighted by Gasteiger charge is 2.19. The first kappa shape index (κ1) is 22.9. The average Bonchev–Trinajstić information content (AvgIpc) is 2.62. The molecule has 0 spiro atoms. The number of hydrogen-bond donors (Lipinski definition) is 1. The van der Waals surface area contributed by atoms with Crippen molar-refractivity contribution in [2.45, 2.75) is 6.10 Å². The standard InChI is InChI=1S/C19H23ClN2O2.2ClH/c20-18-8-4-5-9-19(18)24-15-17(23)14-21-10-12-22(13-11-21)16-6-2-1-3-7-16;;/h1-9,17,23H,10-15H2;2*1H. The number of aliphatic hydroxyl groups is 1. The Kier molecular flexibility index (Phi) is 10.1. The quantitative estimate of drug-likeness (QED) is 0.773. The van der Waals surface area contributed by atoms with Gasteiger partial charge in [0.2, 0.25) is 0 Å². The summed E-state index contributed by atoms with van der Waals surface area (Å²) in [6, 6.07) is 17.8. The largest absolute Gasteiger partial charge is 0.489 e. The van der Waals surface area contributed by atoms with Gasteiger partial charge in [-0.1, -0.05) is 41.9 Å². The summed E-state index contributed by atoms with van der Waals surface area (Å²) in [4.78, 5) is 4.66. The van der Waals surface area contributed by atoms with Crippen molar-refractivity contribution in [3.05, 3.63) is 59.6 Å². The van der Waals surface area contributed by atoms with Crippen LogP contribution in [0.1, 0.15) is 0 Å². The maximum absolute atomic E-state index is 10.2. The van der Waals surface area contributed by atoms with E-state index in [1.807, 2.05) is 24.3 Å². The van der Waals surface area contributed by atoms with Gasteiger partial charge in [-0.3, -0.25) is 4.90 Å². The molecule has 0 aliphatic carbocycles. The van der Waals surface area contributed by atoms with E-state index in [4.69, 9.17) is 16.3 Å². The van der Waals surface area contributed by atoms with Crippen LogP contribution >= 0.6 is 36.4 Å². The molecule has 2 aromatic carbocycles. The molecule has 7 heteroatoms. The zero-order valence-electron chi connectivity index (χ0n) is 14.5. The summed E-state index contributed by atoms with van der Waals surface area (Å²) in [5.41, 5.74) is 1.26. The average molecular weight is 420 g/mol. The van der Waals surface area contributed by atoms with Gasteiger partial charge in [0.05, 0.1) is 5.02 Å². The predicted molar refractivity (Wildman–Crippen MR) is 113 cm³/mol. The molecule has 1 unspecified atom stereocenters. The van der Waals surface area contributed by atoms with Crippen molar-refractivity contribution >= 4 is 42.1 Å². The second-order valence-electron chi connectivity index (χ2n) is 6.02. The molecular formula is C19H25Cl3N2O2. The molecule has 144 valence electrons. The van der Waals surface area contributed by atoms with Crippen LogP contribution in [0.3, 0.4) is 0 Å². The van der Waals surface area contributed by atoms with E-state index in [9.17, 15) is 5.11 Å². The highest BCUT2D eigenvalue weighted by molar-refractivity contribution is 6.32. The summed E-state index contributed by atoms with van der Waals surface area (Å²) in [6.45, 7) is 4.70. The van der Waals surface area contributed by atoms with Gasteiger partial charge in [0.1, 0.15) is 18.5 Å². The molecular weight excluding hydrogens is 395 g/mol. The summed E-state index contributed by atoms with van der Waals surface area (Å²) in [6.07, 6.45) is -0.524. The van der Waals surface area contributed by atoms with E-state index in [1.54, 1.807) is 6.07 Å². The van der Waals surface area contributed by atoms with E-state index < -0.39 is 6.10 Å². The van der Waals surface area contributed by atoms with Crippen LogP contribution in [0, 0.1) is 0 Å². The Morgan fingerprint density at radius 2 is 1.54 bits per heavy atom. The van der Waals surface area contributed by atoms with Crippen molar-refractivity contribution in [2.24, 2.45) is 0 Å². The molecule has 0 bridgehead atoms. The number of halogens is 3. The Bertz CT molecular complexity index is 638. The maximum atomic E-state index is 10.2. The van der Waals surface area contributed by atoms with Gasteiger partial charge in [0.25, 0.3) is 0 Å². The van der Waals surface area contributed by atoms with E-state index in [2.05, 4.69) is 34.1 Å². The molecule has 0 aromatic heterocycles. The van der Waals surface area contributed by atoms with E-state index in [1.165, 1.54) is 5.69 Å². The monoisotopic (exact) mass is 418 g/mol. The highest BCUT2D eigenvalue weighted by atomic mass is 35.5. The zero-order valence-corrected chi connectivity index (χ0v) is 16.8. The fourth-order valence-electron chi connectivity index (χ4n) is 2.93. The number of aliphatic hydroxyl groups excluding tert-OH is 1. The summed E-state index contributed by atoms with van der Waals surface area (Å²) in [5.74, 6) is 0.618. The van der Waals surface area contributed by atoms with E-state index >= 15 is 0 Å². The van der Waals surface area contributed by atoms with Gasteiger partial charge in [-0.2, -0.15) is 0 Å². The molecule has 4 nitrogen and oxygen atoms in total. The first-order chi connectivity index (χ1) is 11.7. The summed E-state index contributed by atoms with van der Waals surface area (Å²) >= 11 is 6.05. The molecule has 26 heavy (non-hydrogen) atoms. The SMILES string of the molecule is Cl.Cl.OC(COc1ccccc1Cl)CN1CCN(c2ccccc2)CC1. The molecule has 0 amide bonds. The molecule has 1 heterocycles. The molecule has 1 atom stereocenters. The van der Waals surface area contributed by atoms with Crippen molar-refractivity contribution in [1.82, 2.24) is 4.90 Å². The van der Waals surface area contributed by atoms with Crippen molar-refractivity contribution < 1.29 is 9.84 Å². The molecule has 1 aliphatic rings. The number of para-hydroxylation sites is 2. The van der Waals surface area contributed by atoms with Crippen LogP contribution < -0.4 is 9.64 Å². The Morgan fingerprint density at radius 3 is 2.19 bits per heavy atom. The Hall–Kier alpha value is -1.17. The molecule has 1 fully saturated rings. The van der Waals surface area contributed by atoms with E-state index in [0.717, 1.165) is 26.2 Å². The second kappa shape index (κ2) is 11.5. The first-order valence-corrected chi connectivity index (χ1v) is 8.68. The Balaban J connectivity index is 0.00000169. The Morgan fingerprint density at radius 1 is 0.923 bits per heavy atom. The minimum atomic E-state index is -0.524. The van der Waals surface area contributed by atoms with Gasteiger partial charge in [0, 0.05) is 38.4 Å². The van der Waals surface area contributed by atoms with Crippen molar-refractivity contribution in [2.75, 3.05) is 44.2 Å². The topological polar surface area (TPSA) is 35.9 Å². The minimum Gasteiger partial charge on any atom is -0.489 e. The lowest BCUT2D eigenvalue weighted by Gasteiger charge is -2.36. The third-order valence-corrected chi connectivity index (χ3v) is 4.54. The number of ether oxygens (including phenoxy) is 1. The van der Waals surface area contributed by atoms with Crippen molar-refractivity contribution in [3.63, 3.8) is 0 Å². The van der Waals surface area contributed by atoms with Crippen LogP contribution in [0.15, 0.2) is 54.6 Å². The minimum absolute atomic E-state index is 0. The fourth-order valence-corrected chi connectivity index (χ4v) is 3.12. The molecule has 1 aliphatic heterocycles. The van der Waals surface area contributed by atoms with Crippen molar-refractivity contribution in [3.8, 4) is 5.75 Å². The number of benzene rings is 2. The van der Waals surface area contributed by atoms with Crippen LogP contribution in [0.4, 0.5) is 5.69 Å². The first-order valence-electron chi connectivity index (χ1n) is 8.30. The summed E-state index contributed by atoms with van der Waals surface area (Å²) in [5, 5.41) is 10.8. The maximum Gasteiger partial charge on any atom is 0.138 e. The van der Waals surface area contributed by atoms with Crippen LogP contribution in [-0.4, -0.2) is 55.4 Å². The number of nitrogens with zero attached hydrogens (tertiary/aromatic N) is 2. The normalized spacial score (nSPS) is 15.5. The van der Waals surface area contributed by atoms with Crippen LogP contribution in [0.2, 0.25) is 5.02 Å². The van der Waals surface area contributed by atoms with Crippen LogP contribution in [0.5, 0.6) is 5.75 Å². The Labute approximate surface area is 172 Å². The highest BCUT2D eigenvalue weighted by Crippen LogP contribution is 2.23. The number of hydrogen-bond acceptors (Lipinski definition) is 4. The third-order valence-electron chi connectivity index (χ3n) is 4.23. The van der Waals surface area contributed by atoms with E-state index in [-0.39, 0.29) is 31.4 Å². The van der Waals surface area contributed by atoms with Gasteiger partial charge >= 0.3 is 0 Å². The van der Waals surface area contributed by atoms with E-state index in [0.29, 0.717) is 17.3 Å². The number of β-amino-alcohol motifs (C(OH)–C–C–N with tert-alkyl or cyclic N) is 1. The molecule has 2 aromatic rings. The summed E-state index contributed by atoms with van der Waals surface area (Å²) in [7, 11) is 0. The van der Waals surface area contributed by atoms with Crippen LogP contribution in [-0.2, 0) is 0 Å². The molecule has 0 saturated carbocycles. The summed E-state index contributed by atoms with van der Waals surface area (Å²) < 4.78 is 5.61. The number of anilines is 1. The lowest BCUT2D eigenvalue weighted by atomic mass is 10.2. The number of rotatable bonds is 6. The molecule has 3 rings (SSSR count). The van der Waals surface area contributed by atoms with Crippen LogP contribution in [0.25, 0.3) is 0 Å². The van der Waals surface area contributed by atoms with Gasteiger partial charge in [-0.15, -0.1) is 24.8 Å². The number of piperazine rings is 1. The fraction of sp³-hybridized carbons (Fsp3) is 0.368. The third kappa shape index (κ3) is 6.53. The zero-order chi connectivity index (χ0) is 16.8.